The van der Waals surface area contributed by atoms with Gasteiger partial charge in [-0.05, 0) is 90.5 Å². The molecule has 6 atom stereocenters. The third kappa shape index (κ3) is 7.38. The molecule has 0 radical (unpaired) electrons. The number of likely N-dealkylation sites (tertiary alicyclic amines) is 2. The van der Waals surface area contributed by atoms with Gasteiger partial charge in [0, 0.05) is 18.2 Å². The number of H-pyrrole nitrogens is 2. The molecular weight excluding hydrogens is 737 g/mol. The fourth-order valence-corrected chi connectivity index (χ4v) is 9.10. The maximum Gasteiger partial charge on any atom is 0.407 e. The number of methoxy groups -OCH3 is 2. The molecule has 1 aliphatic carbocycles. The van der Waals surface area contributed by atoms with Crippen LogP contribution in [0, 0.1) is 11.8 Å². The van der Waals surface area contributed by atoms with Crippen molar-refractivity contribution in [2.24, 2.45) is 11.8 Å². The van der Waals surface area contributed by atoms with Crippen molar-refractivity contribution in [1.82, 2.24) is 40.4 Å². The number of amides is 4. The summed E-state index contributed by atoms with van der Waals surface area (Å²) in [7, 11) is 2.58. The first-order valence-electron chi connectivity index (χ1n) is 20.1. The Morgan fingerprint density at radius 3 is 2.03 bits per heavy atom. The molecule has 58 heavy (non-hydrogen) atoms. The second-order valence-electron chi connectivity index (χ2n) is 16.0. The monoisotopic (exact) mass is 786 g/mol. The van der Waals surface area contributed by atoms with Crippen LogP contribution in [-0.2, 0) is 19.1 Å². The normalized spacial score (nSPS) is 21.0. The number of fused-ring (bicyclic) bond motifs is 3. The molecule has 5 aromatic rings. The molecule has 302 valence electrons. The summed E-state index contributed by atoms with van der Waals surface area (Å²) in [5, 5.41) is 7.53. The number of nitrogens with one attached hydrogen (secondary N) is 4. The van der Waals surface area contributed by atoms with Crippen molar-refractivity contribution in [3.05, 3.63) is 84.7 Å². The molecule has 2 aromatic heterocycles. The van der Waals surface area contributed by atoms with Gasteiger partial charge in [0.1, 0.15) is 23.7 Å². The van der Waals surface area contributed by atoms with E-state index in [-0.39, 0.29) is 35.9 Å². The van der Waals surface area contributed by atoms with E-state index in [0.717, 1.165) is 88.2 Å². The molecule has 14 heteroatoms. The van der Waals surface area contributed by atoms with Crippen molar-refractivity contribution in [3.8, 4) is 33.6 Å². The SMILES string of the molecule is COC(=O)N[C@@H](C)C(=O)N1CCC[C@H]1c1ncc(-c2ccc(-c3ccc4cc(-c5cnc([C@@H]6[C@H]7CC[C@H](C7)N6C(=O)[C@@H](NC(=O)OC)C(C)C)[nH]5)ccc4c3)cc2)[nH]1. The van der Waals surface area contributed by atoms with E-state index in [4.69, 9.17) is 9.72 Å². The largest absolute Gasteiger partial charge is 0.453 e. The molecule has 4 heterocycles. The Kier molecular flexibility index (Phi) is 10.7. The second-order valence-corrected chi connectivity index (χ2v) is 16.0. The van der Waals surface area contributed by atoms with E-state index < -0.39 is 24.3 Å². The topological polar surface area (TPSA) is 175 Å². The van der Waals surface area contributed by atoms with Gasteiger partial charge in [0.2, 0.25) is 11.8 Å². The van der Waals surface area contributed by atoms with Gasteiger partial charge in [-0.3, -0.25) is 9.59 Å². The van der Waals surface area contributed by atoms with Crippen molar-refractivity contribution >= 4 is 34.8 Å². The summed E-state index contributed by atoms with van der Waals surface area (Å²) < 4.78 is 9.48. The molecule has 4 amide bonds. The number of benzene rings is 3. The Morgan fingerprint density at radius 2 is 1.33 bits per heavy atom. The number of piperidine rings is 1. The number of carbonyl (C=O) groups excluding carboxylic acids is 4. The zero-order chi connectivity index (χ0) is 40.7. The maximum atomic E-state index is 14.0. The van der Waals surface area contributed by atoms with Crippen LogP contribution in [0.2, 0.25) is 0 Å². The summed E-state index contributed by atoms with van der Waals surface area (Å²) in [5.74, 6) is 1.45. The average molecular weight is 787 g/mol. The molecule has 2 bridgehead atoms. The summed E-state index contributed by atoms with van der Waals surface area (Å²) in [6.07, 6.45) is 6.98. The lowest BCUT2D eigenvalue weighted by molar-refractivity contribution is -0.139. The molecule has 1 saturated carbocycles. The van der Waals surface area contributed by atoms with Crippen LogP contribution in [0.15, 0.2) is 73.1 Å². The average Bonchev–Trinajstić information content (AvgIpc) is 4.10. The summed E-state index contributed by atoms with van der Waals surface area (Å²) in [4.78, 5) is 71.1. The number of nitrogens with zero attached hydrogens (tertiary/aromatic N) is 4. The lowest BCUT2D eigenvalue weighted by Gasteiger charge is -2.37. The van der Waals surface area contributed by atoms with Crippen LogP contribution in [0.4, 0.5) is 9.59 Å². The zero-order valence-electron chi connectivity index (χ0n) is 33.5. The molecule has 4 N–H and O–H groups in total. The highest BCUT2D eigenvalue weighted by molar-refractivity contribution is 5.91. The number of rotatable bonds is 10. The quantitative estimate of drug-likeness (QED) is 0.116. The van der Waals surface area contributed by atoms with Gasteiger partial charge in [-0.15, -0.1) is 0 Å². The Balaban J connectivity index is 0.954. The van der Waals surface area contributed by atoms with Crippen LogP contribution in [0.1, 0.15) is 76.6 Å². The molecule has 3 fully saturated rings. The summed E-state index contributed by atoms with van der Waals surface area (Å²) >= 11 is 0. The van der Waals surface area contributed by atoms with Crippen LogP contribution >= 0.6 is 0 Å². The molecule has 8 rings (SSSR count). The van der Waals surface area contributed by atoms with Gasteiger partial charge >= 0.3 is 12.2 Å². The molecular formula is C44H50N8O6. The van der Waals surface area contributed by atoms with Crippen LogP contribution in [0.25, 0.3) is 44.4 Å². The summed E-state index contributed by atoms with van der Waals surface area (Å²) in [6.45, 7) is 6.11. The van der Waals surface area contributed by atoms with E-state index in [9.17, 15) is 19.2 Å². The smallest absolute Gasteiger partial charge is 0.407 e. The fraction of sp³-hybridized carbons (Fsp3) is 0.409. The summed E-state index contributed by atoms with van der Waals surface area (Å²) in [5.41, 5.74) is 5.92. The van der Waals surface area contributed by atoms with Gasteiger partial charge in [0.15, 0.2) is 0 Å². The highest BCUT2D eigenvalue weighted by Gasteiger charge is 2.51. The van der Waals surface area contributed by atoms with E-state index >= 15 is 0 Å². The minimum Gasteiger partial charge on any atom is -0.453 e. The Morgan fingerprint density at radius 1 is 0.724 bits per heavy atom. The van der Waals surface area contributed by atoms with Crippen molar-refractivity contribution in [2.45, 2.75) is 83.1 Å². The first-order chi connectivity index (χ1) is 28.0. The minimum atomic E-state index is -0.705. The van der Waals surface area contributed by atoms with Gasteiger partial charge in [0.05, 0.1) is 50.1 Å². The Hall–Kier alpha value is -6.18. The van der Waals surface area contributed by atoms with E-state index in [1.165, 1.54) is 14.2 Å². The highest BCUT2D eigenvalue weighted by atomic mass is 16.5. The zero-order valence-corrected chi connectivity index (χ0v) is 33.5. The first-order valence-corrected chi connectivity index (χ1v) is 20.1. The Bertz CT molecular complexity index is 2340. The van der Waals surface area contributed by atoms with Gasteiger partial charge in [-0.1, -0.05) is 62.4 Å². The lowest BCUT2D eigenvalue weighted by atomic mass is 9.95. The van der Waals surface area contributed by atoms with E-state index in [2.05, 4.69) is 91.0 Å². The second kappa shape index (κ2) is 16.0. The summed E-state index contributed by atoms with van der Waals surface area (Å²) in [6, 6.07) is 19.5. The molecule has 3 aromatic carbocycles. The molecule has 2 aliphatic heterocycles. The Labute approximate surface area is 337 Å². The van der Waals surface area contributed by atoms with Gasteiger partial charge < -0.3 is 39.9 Å². The van der Waals surface area contributed by atoms with Gasteiger partial charge in [-0.25, -0.2) is 19.6 Å². The molecule has 14 nitrogen and oxygen atoms in total. The fourth-order valence-electron chi connectivity index (χ4n) is 9.10. The number of aromatic nitrogens is 4. The van der Waals surface area contributed by atoms with Crippen molar-refractivity contribution in [2.75, 3.05) is 20.8 Å². The number of aromatic amines is 2. The van der Waals surface area contributed by atoms with Crippen LogP contribution in [0.3, 0.4) is 0 Å². The molecule has 2 saturated heterocycles. The predicted molar refractivity (Wildman–Crippen MR) is 218 cm³/mol. The number of carbonyl (C=O) groups is 4. The van der Waals surface area contributed by atoms with Crippen LogP contribution < -0.4 is 10.6 Å². The van der Waals surface area contributed by atoms with Gasteiger partial charge in [0.25, 0.3) is 0 Å². The maximum absolute atomic E-state index is 14.0. The van der Waals surface area contributed by atoms with E-state index in [0.29, 0.717) is 12.5 Å². The third-order valence-electron chi connectivity index (χ3n) is 12.1. The van der Waals surface area contributed by atoms with Gasteiger partial charge in [-0.2, -0.15) is 0 Å². The molecule has 3 aliphatic rings. The van der Waals surface area contributed by atoms with E-state index in [1.54, 1.807) is 18.0 Å². The third-order valence-corrected chi connectivity index (χ3v) is 12.1. The number of hydrogen-bond donors (Lipinski definition) is 4. The predicted octanol–water partition coefficient (Wildman–Crippen LogP) is 7.13. The van der Waals surface area contributed by atoms with E-state index in [1.807, 2.05) is 24.9 Å². The number of hydrogen-bond acceptors (Lipinski definition) is 8. The number of alkyl carbamates (subject to hydrolysis) is 2. The highest BCUT2D eigenvalue weighted by Crippen LogP contribution is 2.50. The molecule has 0 unspecified atom stereocenters. The van der Waals surface area contributed by atoms with Crippen molar-refractivity contribution in [1.29, 1.82) is 0 Å². The lowest BCUT2D eigenvalue weighted by Crippen LogP contribution is -2.54. The van der Waals surface area contributed by atoms with Crippen LogP contribution in [-0.4, -0.2) is 92.6 Å². The first kappa shape index (κ1) is 38.7. The molecule has 0 spiro atoms. The standard InChI is InChI=1S/C44H50N8O6/c1-24(2)37(50-44(56)58-5)42(54)52-33-17-16-32(21-33)38(52)40-46-23-35(49-40)31-15-14-29-19-28(12-13-30(29)20-31)26-8-10-27(11-9-26)34-22-45-39(48-34)36-7-6-18-51(36)41(53)25(3)47-43(55)57-4/h8-15,19-20,22-25,32-33,36-38H,6-7,16-18,21H2,1-5H3,(H,45,48)(H,46,49)(H,47,55)(H,50,56)/t25-,32-,33+,36-,37-,38-/m0/s1. The van der Waals surface area contributed by atoms with Crippen molar-refractivity contribution < 1.29 is 28.7 Å². The number of imidazole rings is 2. The minimum absolute atomic E-state index is 0.0918. The number of ether oxygens (including phenoxy) is 2. The van der Waals surface area contributed by atoms with Crippen LogP contribution in [0.5, 0.6) is 0 Å². The van der Waals surface area contributed by atoms with Crippen molar-refractivity contribution in [3.63, 3.8) is 0 Å².